The van der Waals surface area contributed by atoms with E-state index in [1.807, 2.05) is 42.5 Å². The fourth-order valence-electron chi connectivity index (χ4n) is 2.99. The van der Waals surface area contributed by atoms with Crippen LogP contribution in [0.4, 0.5) is 0 Å². The number of aliphatic carboxylic acids is 1. The van der Waals surface area contributed by atoms with Crippen LogP contribution in [0, 0.1) is 0 Å². The number of hydrogen-bond acceptors (Lipinski definition) is 3. The van der Waals surface area contributed by atoms with E-state index in [0.29, 0.717) is 5.02 Å². The highest BCUT2D eigenvalue weighted by Crippen LogP contribution is 2.24. The lowest BCUT2D eigenvalue weighted by atomic mass is 9.99. The minimum absolute atomic E-state index is 0.00132. The van der Waals surface area contributed by atoms with Crippen LogP contribution in [0.2, 0.25) is 5.02 Å². The van der Waals surface area contributed by atoms with Gasteiger partial charge in [-0.05, 0) is 40.6 Å². The van der Waals surface area contributed by atoms with E-state index in [1.165, 1.54) is 31.3 Å². The number of rotatable bonds is 6. The molecular weight excluding hydrogens is 386 g/mol. The minimum atomic E-state index is -3.98. The zero-order valence-electron chi connectivity index (χ0n) is 14.5. The average Bonchev–Trinajstić information content (AvgIpc) is 2.65. The van der Waals surface area contributed by atoms with Crippen LogP contribution < -0.4 is 0 Å². The fraction of sp³-hybridized carbons (Fsp3) is 0.150. The van der Waals surface area contributed by atoms with E-state index in [0.717, 1.165) is 20.6 Å². The Morgan fingerprint density at radius 2 is 1.67 bits per heavy atom. The molecule has 3 rings (SSSR count). The lowest BCUT2D eigenvalue weighted by molar-refractivity contribution is -0.141. The van der Waals surface area contributed by atoms with Crippen LogP contribution in [0.25, 0.3) is 10.8 Å². The van der Waals surface area contributed by atoms with Gasteiger partial charge >= 0.3 is 5.97 Å². The Morgan fingerprint density at radius 3 is 2.33 bits per heavy atom. The zero-order valence-corrected chi connectivity index (χ0v) is 16.1. The summed E-state index contributed by atoms with van der Waals surface area (Å²) in [6.45, 7) is 0. The quantitative estimate of drug-likeness (QED) is 0.679. The van der Waals surface area contributed by atoms with Crippen LogP contribution in [-0.4, -0.2) is 36.9 Å². The summed E-state index contributed by atoms with van der Waals surface area (Å²) in [5.74, 6) is -1.21. The molecule has 5 nitrogen and oxygen atoms in total. The van der Waals surface area contributed by atoms with Crippen LogP contribution in [0.3, 0.4) is 0 Å². The van der Waals surface area contributed by atoms with Crippen molar-refractivity contribution in [2.45, 2.75) is 17.4 Å². The summed E-state index contributed by atoms with van der Waals surface area (Å²) < 4.78 is 26.6. The topological polar surface area (TPSA) is 74.7 Å². The summed E-state index contributed by atoms with van der Waals surface area (Å²) in [6, 6.07) is 17.6. The number of likely N-dealkylation sites (N-methyl/N-ethyl adjacent to an activating group) is 1. The van der Waals surface area contributed by atoms with Crippen molar-refractivity contribution in [2.75, 3.05) is 7.05 Å². The maximum absolute atomic E-state index is 12.9. The third-order valence-electron chi connectivity index (χ3n) is 4.51. The highest BCUT2D eigenvalue weighted by molar-refractivity contribution is 7.89. The summed E-state index contributed by atoms with van der Waals surface area (Å²) in [7, 11) is -2.69. The summed E-state index contributed by atoms with van der Waals surface area (Å²) in [5.41, 5.74) is 0.777. The zero-order chi connectivity index (χ0) is 19.6. The first-order valence-corrected chi connectivity index (χ1v) is 10.1. The van der Waals surface area contributed by atoms with Gasteiger partial charge in [0.15, 0.2) is 0 Å². The summed E-state index contributed by atoms with van der Waals surface area (Å²) in [4.78, 5) is 11.9. The average molecular weight is 404 g/mol. The number of halogens is 1. The summed E-state index contributed by atoms with van der Waals surface area (Å²) >= 11 is 5.81. The van der Waals surface area contributed by atoms with Gasteiger partial charge in [0.1, 0.15) is 6.04 Å². The molecule has 0 spiro atoms. The Balaban J connectivity index is 1.97. The molecule has 0 amide bonds. The van der Waals surface area contributed by atoms with Crippen molar-refractivity contribution in [3.05, 3.63) is 77.3 Å². The number of carboxylic acid groups (broad SMARTS) is 1. The van der Waals surface area contributed by atoms with Crippen molar-refractivity contribution in [1.82, 2.24) is 4.31 Å². The molecule has 7 heteroatoms. The minimum Gasteiger partial charge on any atom is -0.480 e. The van der Waals surface area contributed by atoms with E-state index in [4.69, 9.17) is 11.6 Å². The van der Waals surface area contributed by atoms with Gasteiger partial charge in [-0.1, -0.05) is 54.1 Å². The maximum atomic E-state index is 12.9. The van der Waals surface area contributed by atoms with Gasteiger partial charge in [0.05, 0.1) is 4.90 Å². The molecule has 3 aromatic rings. The lowest BCUT2D eigenvalue weighted by Crippen LogP contribution is -2.43. The first kappa shape index (κ1) is 19.4. The van der Waals surface area contributed by atoms with Crippen molar-refractivity contribution in [3.8, 4) is 0 Å². The van der Waals surface area contributed by atoms with Gasteiger partial charge < -0.3 is 5.11 Å². The second-order valence-electron chi connectivity index (χ2n) is 6.17. The Hall–Kier alpha value is -2.41. The number of nitrogens with zero attached hydrogens (tertiary/aromatic N) is 1. The molecule has 0 radical (unpaired) electrons. The molecule has 27 heavy (non-hydrogen) atoms. The number of hydrogen-bond donors (Lipinski definition) is 1. The molecule has 0 aliphatic rings. The van der Waals surface area contributed by atoms with Crippen LogP contribution in [0.15, 0.2) is 71.6 Å². The van der Waals surface area contributed by atoms with Crippen LogP contribution in [0.1, 0.15) is 5.56 Å². The SMILES string of the molecule is CN([C@H](Cc1cccc2ccccc12)C(=O)O)S(=O)(=O)c1ccc(Cl)cc1. The van der Waals surface area contributed by atoms with E-state index >= 15 is 0 Å². The molecule has 0 saturated heterocycles. The van der Waals surface area contributed by atoms with Crippen molar-refractivity contribution < 1.29 is 18.3 Å². The van der Waals surface area contributed by atoms with Crippen molar-refractivity contribution in [1.29, 1.82) is 0 Å². The number of carboxylic acids is 1. The van der Waals surface area contributed by atoms with Gasteiger partial charge in [-0.2, -0.15) is 4.31 Å². The van der Waals surface area contributed by atoms with Gasteiger partial charge in [-0.3, -0.25) is 4.79 Å². The Bertz CT molecular complexity index is 1080. The molecule has 0 aliphatic heterocycles. The largest absolute Gasteiger partial charge is 0.480 e. The van der Waals surface area contributed by atoms with E-state index in [1.54, 1.807) is 0 Å². The normalized spacial score (nSPS) is 13.0. The van der Waals surface area contributed by atoms with Crippen molar-refractivity contribution in [3.63, 3.8) is 0 Å². The van der Waals surface area contributed by atoms with Gasteiger partial charge in [0.2, 0.25) is 10.0 Å². The number of carbonyl (C=O) groups is 1. The molecule has 1 atom stereocenters. The first-order chi connectivity index (χ1) is 12.8. The second-order valence-corrected chi connectivity index (χ2v) is 8.61. The fourth-order valence-corrected chi connectivity index (χ4v) is 4.43. The third kappa shape index (κ3) is 3.98. The molecule has 0 heterocycles. The molecule has 0 saturated carbocycles. The molecule has 0 aromatic heterocycles. The molecule has 0 bridgehead atoms. The van der Waals surface area contributed by atoms with E-state index in [-0.39, 0.29) is 11.3 Å². The summed E-state index contributed by atoms with van der Waals surface area (Å²) in [5, 5.41) is 12.0. The second kappa shape index (κ2) is 7.68. The number of fused-ring (bicyclic) bond motifs is 1. The number of sulfonamides is 1. The van der Waals surface area contributed by atoms with Gasteiger partial charge in [-0.15, -0.1) is 0 Å². The molecular formula is C20H18ClNO4S. The van der Waals surface area contributed by atoms with Crippen LogP contribution >= 0.6 is 11.6 Å². The third-order valence-corrected chi connectivity index (χ3v) is 6.64. The van der Waals surface area contributed by atoms with Crippen LogP contribution in [-0.2, 0) is 21.2 Å². The molecule has 0 fully saturated rings. The highest BCUT2D eigenvalue weighted by Gasteiger charge is 2.33. The van der Waals surface area contributed by atoms with Gasteiger partial charge in [0, 0.05) is 18.5 Å². The molecule has 0 aliphatic carbocycles. The standard InChI is InChI=1S/C20H18ClNO4S/c1-22(27(25,26)17-11-9-16(21)10-12-17)19(20(23)24)13-15-7-4-6-14-5-2-3-8-18(14)15/h2-12,19H,13H2,1H3,(H,23,24)/t19-/m1/s1. The first-order valence-electron chi connectivity index (χ1n) is 8.24. The smallest absolute Gasteiger partial charge is 0.322 e. The molecule has 140 valence electrons. The predicted molar refractivity (Wildman–Crippen MR) is 105 cm³/mol. The predicted octanol–water partition coefficient (Wildman–Crippen LogP) is 3.81. The monoisotopic (exact) mass is 403 g/mol. The molecule has 3 aromatic carbocycles. The Morgan fingerprint density at radius 1 is 1.04 bits per heavy atom. The Kier molecular flexibility index (Phi) is 5.51. The number of benzene rings is 3. The molecule has 1 N–H and O–H groups in total. The van der Waals surface area contributed by atoms with Crippen molar-refractivity contribution >= 4 is 38.4 Å². The van der Waals surface area contributed by atoms with Crippen LogP contribution in [0.5, 0.6) is 0 Å². The van der Waals surface area contributed by atoms with E-state index in [2.05, 4.69) is 0 Å². The Labute approximate surface area is 162 Å². The summed E-state index contributed by atoms with van der Waals surface area (Å²) in [6.07, 6.45) is 0.0556. The maximum Gasteiger partial charge on any atom is 0.322 e. The van der Waals surface area contributed by atoms with Gasteiger partial charge in [0.25, 0.3) is 0 Å². The van der Waals surface area contributed by atoms with Crippen molar-refractivity contribution in [2.24, 2.45) is 0 Å². The molecule has 0 unspecified atom stereocenters. The van der Waals surface area contributed by atoms with Gasteiger partial charge in [-0.25, -0.2) is 8.42 Å². The highest BCUT2D eigenvalue weighted by atomic mass is 35.5. The van der Waals surface area contributed by atoms with E-state index in [9.17, 15) is 18.3 Å². The van der Waals surface area contributed by atoms with E-state index < -0.39 is 22.0 Å². The lowest BCUT2D eigenvalue weighted by Gasteiger charge is -2.25.